The first-order valence-electron chi connectivity index (χ1n) is 6.09. The summed E-state index contributed by atoms with van der Waals surface area (Å²) in [5, 5.41) is 7.39. The van der Waals surface area contributed by atoms with Crippen molar-refractivity contribution in [3.05, 3.63) is 46.4 Å². The Bertz CT molecular complexity index is 572. The van der Waals surface area contributed by atoms with Crippen molar-refractivity contribution in [2.75, 3.05) is 5.32 Å². The Morgan fingerprint density at radius 1 is 1.37 bits per heavy atom. The molecule has 0 unspecified atom stereocenters. The molecule has 0 aliphatic heterocycles. The topological polar surface area (TPSA) is 29.9 Å². The van der Waals surface area contributed by atoms with E-state index in [1.807, 2.05) is 10.9 Å². The van der Waals surface area contributed by atoms with Gasteiger partial charge >= 0.3 is 0 Å². The fourth-order valence-electron chi connectivity index (χ4n) is 1.65. The third kappa shape index (κ3) is 3.56. The van der Waals surface area contributed by atoms with Crippen LogP contribution in [0.1, 0.15) is 26.3 Å². The van der Waals surface area contributed by atoms with Gasteiger partial charge in [-0.1, -0.05) is 15.9 Å². The van der Waals surface area contributed by atoms with Gasteiger partial charge in [0.15, 0.2) is 0 Å². The molecule has 19 heavy (non-hydrogen) atoms. The molecule has 1 aromatic carbocycles. The Labute approximate surface area is 121 Å². The minimum Gasteiger partial charge on any atom is -0.378 e. The first kappa shape index (κ1) is 14.1. The van der Waals surface area contributed by atoms with Crippen LogP contribution in [0.4, 0.5) is 10.1 Å². The van der Waals surface area contributed by atoms with Crippen molar-refractivity contribution in [1.82, 2.24) is 9.78 Å². The van der Waals surface area contributed by atoms with Crippen LogP contribution in [-0.2, 0) is 12.1 Å². The van der Waals surface area contributed by atoms with Crippen LogP contribution >= 0.6 is 15.9 Å². The molecule has 0 amide bonds. The Kier molecular flexibility index (Phi) is 3.94. The quantitative estimate of drug-likeness (QED) is 0.918. The van der Waals surface area contributed by atoms with Crippen LogP contribution < -0.4 is 5.32 Å². The van der Waals surface area contributed by atoms with Crippen LogP contribution in [-0.4, -0.2) is 9.78 Å². The summed E-state index contributed by atoms with van der Waals surface area (Å²) in [5.41, 5.74) is 1.46. The van der Waals surface area contributed by atoms with Gasteiger partial charge < -0.3 is 5.32 Å². The van der Waals surface area contributed by atoms with E-state index in [2.05, 4.69) is 47.1 Å². The first-order chi connectivity index (χ1) is 8.86. The number of nitrogens with zero attached hydrogens (tertiary/aromatic N) is 2. The van der Waals surface area contributed by atoms with Gasteiger partial charge in [0.25, 0.3) is 0 Å². The van der Waals surface area contributed by atoms with Crippen molar-refractivity contribution in [1.29, 1.82) is 0 Å². The van der Waals surface area contributed by atoms with Gasteiger partial charge in [-0.05, 0) is 39.0 Å². The van der Waals surface area contributed by atoms with Crippen LogP contribution in [0.25, 0.3) is 0 Å². The molecule has 0 saturated carbocycles. The summed E-state index contributed by atoms with van der Waals surface area (Å²) in [6, 6.07) is 4.84. The maximum atomic E-state index is 13.6. The normalized spacial score (nSPS) is 11.6. The van der Waals surface area contributed by atoms with Gasteiger partial charge in [-0.15, -0.1) is 0 Å². The van der Waals surface area contributed by atoms with E-state index in [4.69, 9.17) is 0 Å². The van der Waals surface area contributed by atoms with Crippen molar-refractivity contribution >= 4 is 21.6 Å². The van der Waals surface area contributed by atoms with Crippen molar-refractivity contribution in [3.63, 3.8) is 0 Å². The van der Waals surface area contributed by atoms with E-state index in [9.17, 15) is 4.39 Å². The molecule has 2 rings (SSSR count). The lowest BCUT2D eigenvalue weighted by Crippen LogP contribution is -2.21. The second-order valence-corrected chi connectivity index (χ2v) is 6.36. The van der Waals surface area contributed by atoms with Crippen LogP contribution in [0.5, 0.6) is 0 Å². The highest BCUT2D eigenvalue weighted by Crippen LogP contribution is 2.21. The summed E-state index contributed by atoms with van der Waals surface area (Å²) in [6.07, 6.45) is 3.77. The van der Waals surface area contributed by atoms with E-state index < -0.39 is 0 Å². The maximum absolute atomic E-state index is 13.6. The van der Waals surface area contributed by atoms with Crippen LogP contribution in [0.15, 0.2) is 35.1 Å². The summed E-state index contributed by atoms with van der Waals surface area (Å²) >= 11 is 3.33. The van der Waals surface area contributed by atoms with Gasteiger partial charge in [-0.25, -0.2) is 4.39 Å². The monoisotopic (exact) mass is 325 g/mol. The van der Waals surface area contributed by atoms with Crippen LogP contribution in [0, 0.1) is 5.82 Å². The molecular formula is C14H17BrFN3. The molecule has 1 aromatic heterocycles. The molecule has 0 aliphatic carbocycles. The fraction of sp³-hybridized carbons (Fsp3) is 0.357. The number of benzene rings is 1. The SMILES string of the molecule is CC(C)(C)n1cc(CNc2cc(Br)ccc2F)cn1. The third-order valence-corrected chi connectivity index (χ3v) is 3.23. The first-order valence-corrected chi connectivity index (χ1v) is 6.88. The number of rotatable bonds is 3. The summed E-state index contributed by atoms with van der Waals surface area (Å²) in [7, 11) is 0. The molecule has 2 aromatic rings. The molecule has 0 fully saturated rings. The standard InChI is InChI=1S/C14H17BrFN3/c1-14(2,3)19-9-10(8-18-19)7-17-13-6-11(15)4-5-12(13)16/h4-6,8-9,17H,7H2,1-3H3. The van der Waals surface area contributed by atoms with Crippen molar-refractivity contribution < 1.29 is 4.39 Å². The lowest BCUT2D eigenvalue weighted by Gasteiger charge is -2.18. The van der Waals surface area contributed by atoms with Crippen molar-refractivity contribution in [2.45, 2.75) is 32.9 Å². The molecule has 0 saturated heterocycles. The lowest BCUT2D eigenvalue weighted by molar-refractivity contribution is 0.355. The molecule has 0 atom stereocenters. The molecular weight excluding hydrogens is 309 g/mol. The van der Waals surface area contributed by atoms with E-state index in [1.165, 1.54) is 6.07 Å². The number of halogens is 2. The van der Waals surface area contributed by atoms with E-state index in [1.54, 1.807) is 18.3 Å². The minimum atomic E-state index is -0.258. The van der Waals surface area contributed by atoms with Crippen LogP contribution in [0.3, 0.4) is 0 Å². The average molecular weight is 326 g/mol. The van der Waals surface area contributed by atoms with Gasteiger partial charge in [0, 0.05) is 22.8 Å². The van der Waals surface area contributed by atoms with Gasteiger partial charge in [-0.2, -0.15) is 5.10 Å². The molecule has 1 heterocycles. The van der Waals surface area contributed by atoms with Gasteiger partial charge in [-0.3, -0.25) is 4.68 Å². The van der Waals surface area contributed by atoms with E-state index in [0.29, 0.717) is 12.2 Å². The highest BCUT2D eigenvalue weighted by Gasteiger charge is 2.13. The zero-order chi connectivity index (χ0) is 14.0. The predicted molar refractivity (Wildman–Crippen MR) is 78.6 cm³/mol. The van der Waals surface area contributed by atoms with E-state index in [-0.39, 0.29) is 11.4 Å². The Balaban J connectivity index is 2.06. The largest absolute Gasteiger partial charge is 0.378 e. The zero-order valence-corrected chi connectivity index (χ0v) is 12.8. The molecule has 0 aliphatic rings. The van der Waals surface area contributed by atoms with Gasteiger partial charge in [0.2, 0.25) is 0 Å². The predicted octanol–water partition coefficient (Wildman–Crippen LogP) is 4.15. The van der Waals surface area contributed by atoms with Crippen molar-refractivity contribution in [2.24, 2.45) is 0 Å². The Hall–Kier alpha value is -1.36. The summed E-state index contributed by atoms with van der Waals surface area (Å²) < 4.78 is 16.3. The summed E-state index contributed by atoms with van der Waals surface area (Å²) in [6.45, 7) is 6.81. The van der Waals surface area contributed by atoms with E-state index in [0.717, 1.165) is 10.0 Å². The molecule has 102 valence electrons. The summed E-state index contributed by atoms with van der Waals surface area (Å²) in [5.74, 6) is -0.258. The Morgan fingerprint density at radius 3 is 2.74 bits per heavy atom. The number of nitrogens with one attached hydrogen (secondary N) is 1. The average Bonchev–Trinajstić information content (AvgIpc) is 2.79. The van der Waals surface area contributed by atoms with Crippen LogP contribution in [0.2, 0.25) is 0 Å². The number of hydrogen-bond acceptors (Lipinski definition) is 2. The van der Waals surface area contributed by atoms with Gasteiger partial charge in [0.05, 0.1) is 17.4 Å². The van der Waals surface area contributed by atoms with Crippen molar-refractivity contribution in [3.8, 4) is 0 Å². The zero-order valence-electron chi connectivity index (χ0n) is 11.2. The highest BCUT2D eigenvalue weighted by molar-refractivity contribution is 9.10. The second kappa shape index (κ2) is 5.33. The lowest BCUT2D eigenvalue weighted by atomic mass is 10.1. The number of hydrogen-bond donors (Lipinski definition) is 1. The minimum absolute atomic E-state index is 0.0424. The van der Waals surface area contributed by atoms with Gasteiger partial charge in [0.1, 0.15) is 5.82 Å². The number of aromatic nitrogens is 2. The summed E-state index contributed by atoms with van der Waals surface area (Å²) in [4.78, 5) is 0. The van der Waals surface area contributed by atoms with E-state index >= 15 is 0 Å². The molecule has 0 radical (unpaired) electrons. The molecule has 5 heteroatoms. The third-order valence-electron chi connectivity index (χ3n) is 2.73. The molecule has 3 nitrogen and oxygen atoms in total. The molecule has 0 spiro atoms. The Morgan fingerprint density at radius 2 is 2.11 bits per heavy atom. The fourth-order valence-corrected chi connectivity index (χ4v) is 2.01. The second-order valence-electron chi connectivity index (χ2n) is 5.44. The molecule has 1 N–H and O–H groups in total. The maximum Gasteiger partial charge on any atom is 0.146 e. The highest BCUT2D eigenvalue weighted by atomic mass is 79.9. The smallest absolute Gasteiger partial charge is 0.146 e. The number of anilines is 1. The molecule has 0 bridgehead atoms.